The molecule has 2 aliphatic heterocycles. The van der Waals surface area contributed by atoms with Gasteiger partial charge in [0.25, 0.3) is 0 Å². The first kappa shape index (κ1) is 32.2. The van der Waals surface area contributed by atoms with Crippen molar-refractivity contribution >= 4 is 51.6 Å². The summed E-state index contributed by atoms with van der Waals surface area (Å²) >= 11 is 6.02. The van der Waals surface area contributed by atoms with Gasteiger partial charge >= 0.3 is 11.9 Å². The Balaban J connectivity index is 1.64. The van der Waals surface area contributed by atoms with Gasteiger partial charge in [-0.2, -0.15) is 5.26 Å². The number of nitrogens with one attached hydrogen (secondary N) is 1. The molecule has 2 atom stereocenters. The maximum Gasteiger partial charge on any atom is 0.355 e. The van der Waals surface area contributed by atoms with Crippen molar-refractivity contribution in [2.75, 3.05) is 37.7 Å². The smallest absolute Gasteiger partial charge is 0.355 e. The van der Waals surface area contributed by atoms with Crippen LogP contribution < -0.4 is 20.7 Å². The van der Waals surface area contributed by atoms with Crippen molar-refractivity contribution in [2.45, 2.75) is 18.4 Å². The second-order valence-corrected chi connectivity index (χ2v) is 11.2. The van der Waals surface area contributed by atoms with E-state index in [4.69, 9.17) is 36.3 Å². The van der Waals surface area contributed by atoms with Crippen LogP contribution in [0.15, 0.2) is 89.7 Å². The van der Waals surface area contributed by atoms with Crippen molar-refractivity contribution in [3.8, 4) is 11.8 Å². The fourth-order valence-electron chi connectivity index (χ4n) is 5.70. The number of anilines is 3. The Hall–Kier alpha value is -5.71. The number of benzene rings is 3. The number of nitrogens with zero attached hydrogens (tertiary/aromatic N) is 4. The highest BCUT2D eigenvalue weighted by atomic mass is 35.5. The molecule has 6 rings (SSSR count). The Kier molecular flexibility index (Phi) is 9.11. The van der Waals surface area contributed by atoms with Gasteiger partial charge in [-0.05, 0) is 29.8 Å². The molecule has 1 saturated heterocycles. The molecule has 0 bridgehead atoms. The van der Waals surface area contributed by atoms with E-state index in [-0.39, 0.29) is 45.2 Å². The van der Waals surface area contributed by atoms with Gasteiger partial charge in [-0.1, -0.05) is 41.9 Å². The Bertz CT molecular complexity index is 2030. The Morgan fingerprint density at radius 2 is 1.88 bits per heavy atom. The number of ether oxygens (including phenoxy) is 4. The normalized spacial score (nSPS) is 17.7. The number of carbonyl (C=O) groups is 2. The third kappa shape index (κ3) is 5.94. The lowest BCUT2D eigenvalue weighted by Crippen LogP contribution is -2.41. The van der Waals surface area contributed by atoms with Crippen molar-refractivity contribution in [2.24, 2.45) is 5.73 Å². The second-order valence-electron chi connectivity index (χ2n) is 10.8. The number of halogens is 2. The van der Waals surface area contributed by atoms with Gasteiger partial charge in [0.2, 0.25) is 0 Å². The van der Waals surface area contributed by atoms with Crippen LogP contribution in [0, 0.1) is 17.1 Å². The van der Waals surface area contributed by atoms with Gasteiger partial charge in [-0.3, -0.25) is 4.90 Å². The molecule has 12 nitrogen and oxygen atoms in total. The number of methoxy groups -OCH3 is 2. The average Bonchev–Trinajstić information content (AvgIpc) is 3.62. The number of nitriles is 1. The fraction of sp³-hybridized carbons (Fsp3) is 0.206. The van der Waals surface area contributed by atoms with E-state index < -0.39 is 23.7 Å². The molecule has 4 aromatic rings. The molecule has 0 radical (unpaired) electrons. The summed E-state index contributed by atoms with van der Waals surface area (Å²) in [6, 6.07) is 18.2. The van der Waals surface area contributed by atoms with E-state index >= 15 is 0 Å². The van der Waals surface area contributed by atoms with E-state index in [1.807, 2.05) is 0 Å². The van der Waals surface area contributed by atoms with Crippen molar-refractivity contribution in [1.29, 1.82) is 5.26 Å². The zero-order valence-corrected chi connectivity index (χ0v) is 26.5. The van der Waals surface area contributed by atoms with Crippen LogP contribution in [0.2, 0.25) is 5.02 Å². The maximum atomic E-state index is 13.9. The number of hydrogen-bond donors (Lipinski definition) is 2. The van der Waals surface area contributed by atoms with Gasteiger partial charge in [0.1, 0.15) is 41.3 Å². The van der Waals surface area contributed by atoms with Crippen LogP contribution >= 0.6 is 11.6 Å². The van der Waals surface area contributed by atoms with Crippen molar-refractivity contribution in [3.05, 3.63) is 106 Å². The van der Waals surface area contributed by atoms with Crippen molar-refractivity contribution in [3.63, 3.8) is 0 Å². The summed E-state index contributed by atoms with van der Waals surface area (Å²) < 4.78 is 36.2. The van der Waals surface area contributed by atoms with E-state index in [0.29, 0.717) is 47.6 Å². The van der Waals surface area contributed by atoms with E-state index in [0.717, 1.165) is 7.11 Å². The standard InChI is InChI=1S/C34H28ClFN6O6/c1-45-33(43)29-28(18-6-4-3-5-7-18)22(15-37)31(38)42(30(29)34(44)46-2)26-13-21-25(14-27(26)48-20-10-11-47-16-20)39-17-40-32(21)41-19-8-9-24(36)23(35)12-19/h3-9,12-14,17,20,28H,10-11,16,38H2,1-2H3,(H,39,40,41). The number of fused-ring (bicyclic) bond motifs is 1. The van der Waals surface area contributed by atoms with E-state index in [1.165, 1.54) is 36.5 Å². The summed E-state index contributed by atoms with van der Waals surface area (Å²) in [4.78, 5) is 37.4. The molecule has 48 heavy (non-hydrogen) atoms. The molecule has 3 N–H and O–H groups in total. The van der Waals surface area contributed by atoms with Gasteiger partial charge in [-0.25, -0.2) is 23.9 Å². The molecule has 0 amide bonds. The first-order valence-electron chi connectivity index (χ1n) is 14.7. The first-order chi connectivity index (χ1) is 23.2. The third-order valence-corrected chi connectivity index (χ3v) is 8.22. The molecular weight excluding hydrogens is 643 g/mol. The quantitative estimate of drug-likeness (QED) is 0.235. The highest BCUT2D eigenvalue weighted by molar-refractivity contribution is 6.31. The van der Waals surface area contributed by atoms with Crippen LogP contribution in [0.3, 0.4) is 0 Å². The number of allylic oxidation sites excluding steroid dienone is 1. The van der Waals surface area contributed by atoms with Gasteiger partial charge in [0.05, 0.1) is 66.8 Å². The van der Waals surface area contributed by atoms with Gasteiger partial charge in [-0.15, -0.1) is 0 Å². The third-order valence-electron chi connectivity index (χ3n) is 7.93. The monoisotopic (exact) mass is 670 g/mol. The molecule has 244 valence electrons. The molecule has 1 fully saturated rings. The van der Waals surface area contributed by atoms with Crippen molar-refractivity contribution in [1.82, 2.24) is 9.97 Å². The molecule has 0 aliphatic carbocycles. The minimum atomic E-state index is -1.06. The number of rotatable bonds is 8. The topological polar surface area (TPSA) is 162 Å². The zero-order chi connectivity index (χ0) is 33.9. The SMILES string of the molecule is COC(=O)C1=C(C(=O)OC)N(c2cc3c(Nc4ccc(F)c(Cl)c4)ncnc3cc2OC2CCOC2)C(N)=C(C#N)C1c1ccccc1. The summed E-state index contributed by atoms with van der Waals surface area (Å²) in [5, 5.41) is 14.0. The lowest BCUT2D eigenvalue weighted by atomic mass is 9.81. The van der Waals surface area contributed by atoms with Crippen LogP contribution in [0.1, 0.15) is 17.9 Å². The number of aromatic nitrogens is 2. The molecule has 3 heterocycles. The Labute approximate surface area is 279 Å². The summed E-state index contributed by atoms with van der Waals surface area (Å²) in [7, 11) is 2.34. The van der Waals surface area contributed by atoms with Gasteiger partial charge in [0, 0.05) is 23.6 Å². The minimum absolute atomic E-state index is 0.0203. The van der Waals surface area contributed by atoms with Crippen LogP contribution in [-0.2, 0) is 23.8 Å². The van der Waals surface area contributed by atoms with Crippen LogP contribution in [0.25, 0.3) is 10.9 Å². The summed E-state index contributed by atoms with van der Waals surface area (Å²) in [6.07, 6.45) is 1.55. The summed E-state index contributed by atoms with van der Waals surface area (Å²) in [6.45, 7) is 0.782. The summed E-state index contributed by atoms with van der Waals surface area (Å²) in [5.74, 6) is -3.09. The van der Waals surface area contributed by atoms with E-state index in [1.54, 1.807) is 42.5 Å². The molecule has 0 spiro atoms. The predicted octanol–water partition coefficient (Wildman–Crippen LogP) is 5.23. The predicted molar refractivity (Wildman–Crippen MR) is 174 cm³/mol. The van der Waals surface area contributed by atoms with Gasteiger partial charge in [0.15, 0.2) is 0 Å². The first-order valence-corrected chi connectivity index (χ1v) is 15.0. The van der Waals surface area contributed by atoms with Gasteiger partial charge < -0.3 is 30.0 Å². The largest absolute Gasteiger partial charge is 0.486 e. The number of hydrogen-bond acceptors (Lipinski definition) is 12. The number of nitrogens with two attached hydrogens (primary N) is 1. The zero-order valence-electron chi connectivity index (χ0n) is 25.7. The lowest BCUT2D eigenvalue weighted by molar-refractivity contribution is -0.139. The second kappa shape index (κ2) is 13.6. The van der Waals surface area contributed by atoms with Crippen LogP contribution in [0.5, 0.6) is 5.75 Å². The molecule has 2 aliphatic rings. The molecule has 14 heteroatoms. The van der Waals surface area contributed by atoms with E-state index in [2.05, 4.69) is 21.4 Å². The Morgan fingerprint density at radius 1 is 1.10 bits per heavy atom. The molecule has 1 aromatic heterocycles. The molecular formula is C34H28ClFN6O6. The van der Waals surface area contributed by atoms with Crippen molar-refractivity contribution < 1.29 is 32.9 Å². The van der Waals surface area contributed by atoms with Crippen LogP contribution in [-0.4, -0.2) is 55.4 Å². The average molecular weight is 671 g/mol. The lowest BCUT2D eigenvalue weighted by Gasteiger charge is -2.36. The summed E-state index contributed by atoms with van der Waals surface area (Å²) in [5.41, 5.74) is 7.89. The maximum absolute atomic E-state index is 13.9. The number of carbonyl (C=O) groups excluding carboxylic acids is 2. The highest BCUT2D eigenvalue weighted by Crippen LogP contribution is 2.47. The molecule has 3 aromatic carbocycles. The molecule has 2 unspecified atom stereocenters. The fourth-order valence-corrected chi connectivity index (χ4v) is 5.88. The minimum Gasteiger partial charge on any atom is -0.486 e. The van der Waals surface area contributed by atoms with Crippen LogP contribution in [0.4, 0.5) is 21.6 Å². The highest BCUT2D eigenvalue weighted by Gasteiger charge is 2.44. The Morgan fingerprint density at radius 3 is 2.54 bits per heavy atom. The number of esters is 2. The van der Waals surface area contributed by atoms with E-state index in [9.17, 15) is 19.2 Å². The molecule has 0 saturated carbocycles.